The van der Waals surface area contributed by atoms with E-state index in [2.05, 4.69) is 17.1 Å². The number of ether oxygens (including phenoxy) is 1. The molecule has 0 aliphatic carbocycles. The van der Waals surface area contributed by atoms with Gasteiger partial charge in [0, 0.05) is 25.3 Å². The lowest BCUT2D eigenvalue weighted by atomic mass is 9.98. The molecule has 0 saturated carbocycles. The van der Waals surface area contributed by atoms with Crippen molar-refractivity contribution in [3.63, 3.8) is 0 Å². The van der Waals surface area contributed by atoms with E-state index >= 15 is 0 Å². The largest absolute Gasteiger partial charge is 0.466 e. The zero-order valence-electron chi connectivity index (χ0n) is 12.7. The Morgan fingerprint density at radius 3 is 2.82 bits per heavy atom. The Balaban J connectivity index is 1.61. The molecule has 1 aromatic rings. The SMILES string of the molecule is CCOC(=O)CCC1N=C2CC(c3ccccc3)CN2C1=O. The van der Waals surface area contributed by atoms with Crippen LogP contribution in [0, 0.1) is 0 Å². The molecule has 1 fully saturated rings. The molecule has 116 valence electrons. The lowest BCUT2D eigenvalue weighted by molar-refractivity contribution is -0.143. The van der Waals surface area contributed by atoms with Crippen molar-refractivity contribution < 1.29 is 14.3 Å². The van der Waals surface area contributed by atoms with Crippen molar-refractivity contribution in [3.8, 4) is 0 Å². The highest BCUT2D eigenvalue weighted by Gasteiger charge is 2.41. The number of amidine groups is 1. The number of fused-ring (bicyclic) bond motifs is 1. The maximum absolute atomic E-state index is 12.4. The van der Waals surface area contributed by atoms with Crippen molar-refractivity contribution in [2.75, 3.05) is 13.2 Å². The van der Waals surface area contributed by atoms with Gasteiger partial charge in [0.1, 0.15) is 11.9 Å². The van der Waals surface area contributed by atoms with Crippen LogP contribution in [0.25, 0.3) is 0 Å². The van der Waals surface area contributed by atoms with Gasteiger partial charge in [0.25, 0.3) is 5.91 Å². The molecule has 0 N–H and O–H groups in total. The van der Waals surface area contributed by atoms with E-state index in [0.717, 1.165) is 12.3 Å². The van der Waals surface area contributed by atoms with Gasteiger partial charge in [-0.1, -0.05) is 30.3 Å². The fourth-order valence-electron chi connectivity index (χ4n) is 3.10. The highest BCUT2D eigenvalue weighted by molar-refractivity contribution is 6.07. The number of nitrogens with zero attached hydrogens (tertiary/aromatic N) is 2. The van der Waals surface area contributed by atoms with Gasteiger partial charge < -0.3 is 4.74 Å². The van der Waals surface area contributed by atoms with Gasteiger partial charge in [0.15, 0.2) is 0 Å². The maximum Gasteiger partial charge on any atom is 0.305 e. The molecule has 0 spiro atoms. The van der Waals surface area contributed by atoms with Gasteiger partial charge in [0.05, 0.1) is 6.61 Å². The van der Waals surface area contributed by atoms with Crippen LogP contribution in [-0.2, 0) is 14.3 Å². The Bertz CT molecular complexity index is 597. The van der Waals surface area contributed by atoms with Crippen LogP contribution in [-0.4, -0.2) is 41.8 Å². The summed E-state index contributed by atoms with van der Waals surface area (Å²) < 4.78 is 4.89. The molecule has 0 bridgehead atoms. The van der Waals surface area contributed by atoms with E-state index in [1.807, 2.05) is 18.2 Å². The lowest BCUT2D eigenvalue weighted by Crippen LogP contribution is -2.32. The minimum Gasteiger partial charge on any atom is -0.466 e. The van der Waals surface area contributed by atoms with E-state index in [1.54, 1.807) is 11.8 Å². The van der Waals surface area contributed by atoms with Crippen LogP contribution in [0.15, 0.2) is 35.3 Å². The molecular formula is C17H20N2O3. The fourth-order valence-corrected chi connectivity index (χ4v) is 3.10. The number of benzene rings is 1. The number of carbonyl (C=O) groups excluding carboxylic acids is 2. The lowest BCUT2D eigenvalue weighted by Gasteiger charge is -2.14. The summed E-state index contributed by atoms with van der Waals surface area (Å²) in [7, 11) is 0. The third-order valence-corrected chi connectivity index (χ3v) is 4.20. The van der Waals surface area contributed by atoms with Gasteiger partial charge in [-0.05, 0) is 18.9 Å². The van der Waals surface area contributed by atoms with Crippen molar-refractivity contribution >= 4 is 17.7 Å². The number of rotatable bonds is 5. The van der Waals surface area contributed by atoms with Gasteiger partial charge >= 0.3 is 5.97 Å². The number of amides is 1. The first kappa shape index (κ1) is 14.8. The predicted molar refractivity (Wildman–Crippen MR) is 82.6 cm³/mol. The summed E-state index contributed by atoms with van der Waals surface area (Å²) in [6.07, 6.45) is 1.48. The zero-order chi connectivity index (χ0) is 15.5. The number of hydrogen-bond donors (Lipinski definition) is 0. The second kappa shape index (κ2) is 6.30. The monoisotopic (exact) mass is 300 g/mol. The van der Waals surface area contributed by atoms with E-state index in [4.69, 9.17) is 4.74 Å². The highest BCUT2D eigenvalue weighted by Crippen LogP contribution is 2.33. The summed E-state index contributed by atoms with van der Waals surface area (Å²) in [4.78, 5) is 30.1. The molecular weight excluding hydrogens is 280 g/mol. The standard InChI is InChI=1S/C17H20N2O3/c1-2-22-16(20)9-8-14-17(21)19-11-13(10-15(19)18-14)12-6-4-3-5-7-12/h3-7,13-14H,2,8-11H2,1H3. The minimum atomic E-state index is -0.406. The smallest absolute Gasteiger partial charge is 0.305 e. The second-order valence-electron chi connectivity index (χ2n) is 5.67. The van der Waals surface area contributed by atoms with Gasteiger partial charge in [0.2, 0.25) is 0 Å². The van der Waals surface area contributed by atoms with Gasteiger partial charge in [-0.15, -0.1) is 0 Å². The molecule has 2 atom stereocenters. The fraction of sp³-hybridized carbons (Fsp3) is 0.471. The van der Waals surface area contributed by atoms with E-state index in [0.29, 0.717) is 25.5 Å². The summed E-state index contributed by atoms with van der Waals surface area (Å²) in [5.41, 5.74) is 1.25. The molecule has 2 unspecified atom stereocenters. The Kier molecular flexibility index (Phi) is 4.22. The summed E-state index contributed by atoms with van der Waals surface area (Å²) in [6.45, 7) is 2.84. The quantitative estimate of drug-likeness (QED) is 0.783. The molecule has 2 aliphatic rings. The van der Waals surface area contributed by atoms with Gasteiger partial charge in [-0.25, -0.2) is 0 Å². The molecule has 1 amide bonds. The molecule has 5 nitrogen and oxygen atoms in total. The molecule has 2 heterocycles. The molecule has 22 heavy (non-hydrogen) atoms. The molecule has 2 aliphatic heterocycles. The first-order chi connectivity index (χ1) is 10.7. The Morgan fingerprint density at radius 2 is 2.14 bits per heavy atom. The Labute approximate surface area is 130 Å². The number of carbonyl (C=O) groups is 2. The number of hydrogen-bond acceptors (Lipinski definition) is 4. The predicted octanol–water partition coefficient (Wildman–Crippen LogP) is 2.13. The van der Waals surface area contributed by atoms with Gasteiger partial charge in [-0.2, -0.15) is 0 Å². The normalized spacial score (nSPS) is 23.4. The van der Waals surface area contributed by atoms with Crippen molar-refractivity contribution in [1.29, 1.82) is 0 Å². The van der Waals surface area contributed by atoms with Gasteiger partial charge in [-0.3, -0.25) is 19.5 Å². The first-order valence-electron chi connectivity index (χ1n) is 7.77. The molecule has 3 rings (SSSR count). The van der Waals surface area contributed by atoms with E-state index < -0.39 is 6.04 Å². The highest BCUT2D eigenvalue weighted by atomic mass is 16.5. The third kappa shape index (κ3) is 2.89. The van der Waals surface area contributed by atoms with E-state index in [9.17, 15) is 9.59 Å². The second-order valence-corrected chi connectivity index (χ2v) is 5.67. The van der Waals surface area contributed by atoms with Crippen molar-refractivity contribution in [2.24, 2.45) is 4.99 Å². The molecule has 5 heteroatoms. The average molecular weight is 300 g/mol. The van der Waals surface area contributed by atoms with Crippen LogP contribution in [0.4, 0.5) is 0 Å². The molecule has 0 radical (unpaired) electrons. The molecule has 1 saturated heterocycles. The zero-order valence-corrected chi connectivity index (χ0v) is 12.7. The van der Waals surface area contributed by atoms with Crippen molar-refractivity contribution in [3.05, 3.63) is 35.9 Å². The Hall–Kier alpha value is -2.17. The number of aliphatic imine (C=N–C) groups is 1. The summed E-state index contributed by atoms with van der Waals surface area (Å²) in [6, 6.07) is 9.81. The third-order valence-electron chi connectivity index (χ3n) is 4.20. The topological polar surface area (TPSA) is 59.0 Å². The van der Waals surface area contributed by atoms with Crippen LogP contribution >= 0.6 is 0 Å². The van der Waals surface area contributed by atoms with E-state index in [-0.39, 0.29) is 18.3 Å². The number of esters is 1. The molecule has 1 aromatic carbocycles. The summed E-state index contributed by atoms with van der Waals surface area (Å²) in [5.74, 6) is 0.963. The van der Waals surface area contributed by atoms with Crippen LogP contribution in [0.1, 0.15) is 37.7 Å². The van der Waals surface area contributed by atoms with E-state index in [1.165, 1.54) is 5.56 Å². The average Bonchev–Trinajstić information content (AvgIpc) is 3.07. The van der Waals surface area contributed by atoms with Crippen molar-refractivity contribution in [1.82, 2.24) is 4.90 Å². The van der Waals surface area contributed by atoms with Crippen LogP contribution in [0.3, 0.4) is 0 Å². The van der Waals surface area contributed by atoms with Crippen LogP contribution in [0.5, 0.6) is 0 Å². The summed E-state index contributed by atoms with van der Waals surface area (Å²) >= 11 is 0. The van der Waals surface area contributed by atoms with Crippen LogP contribution in [0.2, 0.25) is 0 Å². The maximum atomic E-state index is 12.4. The molecule has 0 aromatic heterocycles. The first-order valence-corrected chi connectivity index (χ1v) is 7.77. The summed E-state index contributed by atoms with van der Waals surface area (Å²) in [5, 5.41) is 0. The Morgan fingerprint density at radius 1 is 1.36 bits per heavy atom. The van der Waals surface area contributed by atoms with Crippen LogP contribution < -0.4 is 0 Å². The minimum absolute atomic E-state index is 0.0257. The van der Waals surface area contributed by atoms with Crippen molar-refractivity contribution in [2.45, 2.75) is 38.1 Å².